The summed E-state index contributed by atoms with van der Waals surface area (Å²) < 4.78 is 2.23. The molecule has 1 atom stereocenters. The summed E-state index contributed by atoms with van der Waals surface area (Å²) in [6.07, 6.45) is 7.53. The molecular weight excluding hydrogens is 342 g/mol. The molecule has 6 heteroatoms. The van der Waals surface area contributed by atoms with Gasteiger partial charge in [-0.15, -0.1) is 0 Å². The van der Waals surface area contributed by atoms with E-state index in [0.717, 1.165) is 37.7 Å². The monoisotopic (exact) mass is 371 g/mol. The van der Waals surface area contributed by atoms with Crippen molar-refractivity contribution >= 4 is 17.7 Å². The molecule has 1 aromatic heterocycles. The number of rotatable bonds is 7. The van der Waals surface area contributed by atoms with E-state index in [-0.39, 0.29) is 0 Å². The van der Waals surface area contributed by atoms with E-state index in [9.17, 15) is 0 Å². The van der Waals surface area contributed by atoms with Crippen LogP contribution in [-0.4, -0.2) is 45.9 Å². The highest BCUT2D eigenvalue weighted by Crippen LogP contribution is 2.37. The number of para-hydroxylation sites is 1. The zero-order valence-corrected chi connectivity index (χ0v) is 16.6. The van der Waals surface area contributed by atoms with Crippen molar-refractivity contribution < 1.29 is 0 Å². The number of benzene rings is 1. The Labute approximate surface area is 160 Å². The Morgan fingerprint density at radius 2 is 2.15 bits per heavy atom. The lowest BCUT2D eigenvalue weighted by molar-refractivity contribution is 0.614. The highest BCUT2D eigenvalue weighted by atomic mass is 32.2. The van der Waals surface area contributed by atoms with Crippen LogP contribution in [0.5, 0.6) is 0 Å². The van der Waals surface area contributed by atoms with Crippen LogP contribution >= 0.6 is 11.8 Å². The Bertz CT molecular complexity index is 704. The Balaban J connectivity index is 1.51. The predicted molar refractivity (Wildman–Crippen MR) is 111 cm³/mol. The second-order valence-corrected chi connectivity index (χ2v) is 8.59. The number of hydrogen-bond acceptors (Lipinski definition) is 3. The van der Waals surface area contributed by atoms with Gasteiger partial charge >= 0.3 is 0 Å². The maximum Gasteiger partial charge on any atom is 0.191 e. The average molecular weight is 372 g/mol. The van der Waals surface area contributed by atoms with Crippen LogP contribution in [-0.2, 0) is 6.42 Å². The smallest absolute Gasteiger partial charge is 0.191 e. The molecule has 3 rings (SSSR count). The van der Waals surface area contributed by atoms with Crippen LogP contribution in [0, 0.1) is 0 Å². The molecule has 0 spiro atoms. The molecule has 2 heterocycles. The molecule has 1 aliphatic heterocycles. The van der Waals surface area contributed by atoms with Gasteiger partial charge in [0.2, 0.25) is 0 Å². The van der Waals surface area contributed by atoms with Gasteiger partial charge in [-0.05, 0) is 56.6 Å². The first-order valence-electron chi connectivity index (χ1n) is 9.44. The highest BCUT2D eigenvalue weighted by molar-refractivity contribution is 8.00. The van der Waals surface area contributed by atoms with Crippen LogP contribution in [0.1, 0.15) is 32.3 Å². The fourth-order valence-corrected chi connectivity index (χ4v) is 4.31. The third-order valence-electron chi connectivity index (χ3n) is 4.58. The van der Waals surface area contributed by atoms with Gasteiger partial charge in [0.05, 0.1) is 18.4 Å². The summed E-state index contributed by atoms with van der Waals surface area (Å²) in [5.41, 5.74) is 2.31. The van der Waals surface area contributed by atoms with Crippen LogP contribution in [0.15, 0.2) is 47.7 Å². The van der Waals surface area contributed by atoms with Crippen molar-refractivity contribution in [3.63, 3.8) is 0 Å². The minimum atomic E-state index is 0.305. The van der Waals surface area contributed by atoms with E-state index in [1.807, 2.05) is 29.1 Å². The van der Waals surface area contributed by atoms with E-state index < -0.39 is 0 Å². The van der Waals surface area contributed by atoms with Crippen molar-refractivity contribution in [2.24, 2.45) is 4.99 Å². The van der Waals surface area contributed by atoms with E-state index >= 15 is 0 Å². The van der Waals surface area contributed by atoms with Gasteiger partial charge in [-0.2, -0.15) is 16.9 Å². The first-order valence-corrected chi connectivity index (χ1v) is 10.4. The first-order chi connectivity index (χ1) is 12.7. The van der Waals surface area contributed by atoms with Crippen molar-refractivity contribution in [3.05, 3.63) is 48.3 Å². The maximum atomic E-state index is 4.80. The summed E-state index contributed by atoms with van der Waals surface area (Å²) in [6, 6.07) is 10.2. The molecule has 0 radical (unpaired) electrons. The number of aromatic nitrogens is 2. The molecule has 2 N–H and O–H groups in total. The van der Waals surface area contributed by atoms with E-state index in [1.54, 1.807) is 0 Å². The summed E-state index contributed by atoms with van der Waals surface area (Å²) in [5.74, 6) is 2.18. The molecule has 1 saturated heterocycles. The number of nitrogens with one attached hydrogen (secondary N) is 2. The molecule has 1 unspecified atom stereocenters. The van der Waals surface area contributed by atoms with Gasteiger partial charge in [0.1, 0.15) is 0 Å². The molecule has 140 valence electrons. The fraction of sp³-hybridized carbons (Fsp3) is 0.500. The predicted octanol–water partition coefficient (Wildman–Crippen LogP) is 3.26. The number of thioether (sulfide) groups is 1. The summed E-state index contributed by atoms with van der Waals surface area (Å²) >= 11 is 2.05. The standard InChI is InChI=1S/C20H29N5S/c1-3-21-19(23-16-20(2)11-7-13-26-20)22-12-10-17-14-24-25(15-17)18-8-5-4-6-9-18/h4-6,8-9,14-15H,3,7,10-13,16H2,1-2H3,(H2,21,22,23). The molecule has 0 aliphatic carbocycles. The van der Waals surface area contributed by atoms with E-state index in [0.29, 0.717) is 4.75 Å². The van der Waals surface area contributed by atoms with E-state index in [1.165, 1.54) is 24.2 Å². The Morgan fingerprint density at radius 1 is 1.31 bits per heavy atom. The molecule has 1 aromatic carbocycles. The van der Waals surface area contributed by atoms with Gasteiger partial charge in [-0.25, -0.2) is 4.68 Å². The lowest BCUT2D eigenvalue weighted by Crippen LogP contribution is -2.39. The van der Waals surface area contributed by atoms with Crippen molar-refractivity contribution in [3.8, 4) is 5.69 Å². The van der Waals surface area contributed by atoms with Gasteiger partial charge in [0.15, 0.2) is 5.96 Å². The average Bonchev–Trinajstić information content (AvgIpc) is 3.30. The maximum absolute atomic E-state index is 4.80. The van der Waals surface area contributed by atoms with Crippen molar-refractivity contribution in [1.29, 1.82) is 0 Å². The zero-order chi connectivity index (χ0) is 18.2. The number of nitrogens with zero attached hydrogens (tertiary/aromatic N) is 3. The third kappa shape index (κ3) is 5.27. The summed E-state index contributed by atoms with van der Waals surface area (Å²) in [4.78, 5) is 4.80. The largest absolute Gasteiger partial charge is 0.357 e. The van der Waals surface area contributed by atoms with Gasteiger partial charge in [-0.3, -0.25) is 4.99 Å². The molecule has 1 fully saturated rings. The van der Waals surface area contributed by atoms with Crippen LogP contribution < -0.4 is 10.6 Å². The second-order valence-electron chi connectivity index (χ2n) is 6.90. The zero-order valence-electron chi connectivity index (χ0n) is 15.7. The lowest BCUT2D eigenvalue weighted by atomic mass is 10.1. The third-order valence-corrected chi connectivity index (χ3v) is 6.10. The van der Waals surface area contributed by atoms with Gasteiger partial charge in [0, 0.05) is 24.0 Å². The first kappa shape index (κ1) is 18.8. The van der Waals surface area contributed by atoms with Crippen molar-refractivity contribution in [1.82, 2.24) is 20.4 Å². The van der Waals surface area contributed by atoms with Gasteiger partial charge < -0.3 is 10.6 Å². The topological polar surface area (TPSA) is 54.2 Å². The summed E-state index contributed by atoms with van der Waals surface area (Å²) in [7, 11) is 0. The molecular formula is C20H29N5S. The van der Waals surface area contributed by atoms with Gasteiger partial charge in [0.25, 0.3) is 0 Å². The molecule has 0 saturated carbocycles. The van der Waals surface area contributed by atoms with E-state index in [4.69, 9.17) is 4.99 Å². The molecule has 0 bridgehead atoms. The number of aliphatic imine (C=N–C) groups is 1. The molecule has 5 nitrogen and oxygen atoms in total. The van der Waals surface area contributed by atoms with Gasteiger partial charge in [-0.1, -0.05) is 18.2 Å². The lowest BCUT2D eigenvalue weighted by Gasteiger charge is -2.21. The van der Waals surface area contributed by atoms with E-state index in [2.05, 4.69) is 59.7 Å². The van der Waals surface area contributed by atoms with Crippen LogP contribution in [0.4, 0.5) is 0 Å². The van der Waals surface area contributed by atoms with Crippen molar-refractivity contribution in [2.45, 2.75) is 37.9 Å². The Morgan fingerprint density at radius 3 is 2.88 bits per heavy atom. The molecule has 1 aliphatic rings. The van der Waals surface area contributed by atoms with Crippen LogP contribution in [0.3, 0.4) is 0 Å². The Hall–Kier alpha value is -1.95. The minimum absolute atomic E-state index is 0.305. The highest BCUT2D eigenvalue weighted by Gasteiger charge is 2.29. The summed E-state index contributed by atoms with van der Waals surface area (Å²) in [5, 5.41) is 11.3. The quantitative estimate of drug-likeness (QED) is 0.579. The normalized spacial score (nSPS) is 20.3. The fourth-order valence-electron chi connectivity index (χ4n) is 3.09. The Kier molecular flexibility index (Phi) is 6.61. The molecule has 0 amide bonds. The molecule has 2 aromatic rings. The van der Waals surface area contributed by atoms with Crippen molar-refractivity contribution in [2.75, 3.05) is 25.4 Å². The molecule has 26 heavy (non-hydrogen) atoms. The van der Waals surface area contributed by atoms with Crippen LogP contribution in [0.25, 0.3) is 5.69 Å². The second kappa shape index (κ2) is 9.12. The summed E-state index contributed by atoms with van der Waals surface area (Å²) in [6.45, 7) is 7.03. The number of hydrogen-bond donors (Lipinski definition) is 2. The number of guanidine groups is 1. The van der Waals surface area contributed by atoms with Crippen LogP contribution in [0.2, 0.25) is 0 Å². The minimum Gasteiger partial charge on any atom is -0.357 e. The SMILES string of the molecule is CCNC(=NCC1(C)CCCS1)NCCc1cnn(-c2ccccc2)c1.